The van der Waals surface area contributed by atoms with Crippen LogP contribution in [-0.4, -0.2) is 27.6 Å². The van der Waals surface area contributed by atoms with Gasteiger partial charge < -0.3 is 14.8 Å². The predicted molar refractivity (Wildman–Crippen MR) is 51.8 cm³/mol. The van der Waals surface area contributed by atoms with E-state index in [1.165, 1.54) is 18.5 Å². The van der Waals surface area contributed by atoms with Crippen molar-refractivity contribution in [2.45, 2.75) is 31.7 Å². The van der Waals surface area contributed by atoms with E-state index in [-0.39, 0.29) is 12.2 Å². The Bertz CT molecular complexity index is 322. The molecule has 0 aromatic carbocycles. The second-order valence-corrected chi connectivity index (χ2v) is 3.56. The molecule has 3 nitrogen and oxygen atoms in total. The third-order valence-electron chi connectivity index (χ3n) is 2.22. The molecule has 0 radical (unpaired) electrons. The summed E-state index contributed by atoms with van der Waals surface area (Å²) in [7, 11) is 0. The first-order valence-corrected chi connectivity index (χ1v) is 4.96. The van der Waals surface area contributed by atoms with Crippen molar-refractivity contribution in [1.82, 2.24) is 4.57 Å². The maximum absolute atomic E-state index is 12.2. The Kier molecular flexibility index (Phi) is 4.37. The smallest absolute Gasteiger partial charge is 0.396 e. The van der Waals surface area contributed by atoms with Crippen molar-refractivity contribution in [2.24, 2.45) is 0 Å². The molecule has 1 aromatic heterocycles. The molecule has 1 unspecified atom stereocenters. The Hall–Kier alpha value is -1.01. The van der Waals surface area contributed by atoms with Gasteiger partial charge in [0.2, 0.25) is 0 Å². The number of halogens is 3. The van der Waals surface area contributed by atoms with Crippen LogP contribution in [0.4, 0.5) is 13.2 Å². The van der Waals surface area contributed by atoms with Gasteiger partial charge in [0.15, 0.2) is 6.10 Å². The average Bonchev–Trinajstić information content (AvgIpc) is 2.64. The van der Waals surface area contributed by atoms with Gasteiger partial charge in [-0.3, -0.25) is 0 Å². The minimum atomic E-state index is -4.63. The lowest BCUT2D eigenvalue weighted by molar-refractivity contribution is -0.206. The van der Waals surface area contributed by atoms with Gasteiger partial charge in [0.25, 0.3) is 0 Å². The lowest BCUT2D eigenvalue weighted by atomic mass is 10.2. The molecule has 6 heteroatoms. The Labute approximate surface area is 91.1 Å². The van der Waals surface area contributed by atoms with E-state index in [4.69, 9.17) is 10.2 Å². The Balaban J connectivity index is 2.57. The molecule has 0 aliphatic heterocycles. The zero-order chi connectivity index (χ0) is 12.2. The number of unbranched alkanes of at least 4 members (excludes halogenated alkanes) is 1. The van der Waals surface area contributed by atoms with Crippen molar-refractivity contribution in [3.63, 3.8) is 0 Å². The largest absolute Gasteiger partial charge is 0.418 e. The molecule has 0 saturated heterocycles. The summed E-state index contributed by atoms with van der Waals surface area (Å²) in [5.41, 5.74) is -0.156. The molecule has 1 atom stereocenters. The van der Waals surface area contributed by atoms with Gasteiger partial charge in [-0.1, -0.05) is 0 Å². The molecule has 1 aromatic rings. The highest BCUT2D eigenvalue weighted by Crippen LogP contribution is 2.32. The topological polar surface area (TPSA) is 45.4 Å². The molecule has 0 fully saturated rings. The van der Waals surface area contributed by atoms with E-state index in [0.717, 1.165) is 0 Å². The highest BCUT2D eigenvalue weighted by Gasteiger charge is 2.39. The monoisotopic (exact) mass is 237 g/mol. The molecule has 0 saturated carbocycles. The van der Waals surface area contributed by atoms with Crippen LogP contribution in [0.15, 0.2) is 18.5 Å². The minimum absolute atomic E-state index is 0.0688. The number of nitrogens with zero attached hydrogens (tertiary/aromatic N) is 1. The van der Waals surface area contributed by atoms with Crippen molar-refractivity contribution in [1.29, 1.82) is 0 Å². The summed E-state index contributed by atoms with van der Waals surface area (Å²) in [6.45, 7) is 0.602. The Morgan fingerprint density at radius 2 is 2.00 bits per heavy atom. The van der Waals surface area contributed by atoms with Crippen LogP contribution < -0.4 is 0 Å². The first kappa shape index (κ1) is 13.1. The highest BCUT2D eigenvalue weighted by molar-refractivity contribution is 5.15. The van der Waals surface area contributed by atoms with Crippen molar-refractivity contribution < 1.29 is 23.4 Å². The van der Waals surface area contributed by atoms with Crippen molar-refractivity contribution in [3.8, 4) is 0 Å². The summed E-state index contributed by atoms with van der Waals surface area (Å²) < 4.78 is 38.0. The minimum Gasteiger partial charge on any atom is -0.396 e. The summed E-state index contributed by atoms with van der Waals surface area (Å²) in [5.74, 6) is 0. The van der Waals surface area contributed by atoms with E-state index in [2.05, 4.69) is 0 Å². The molecule has 16 heavy (non-hydrogen) atoms. The molecule has 0 aliphatic carbocycles. The summed E-state index contributed by atoms with van der Waals surface area (Å²) >= 11 is 0. The summed E-state index contributed by atoms with van der Waals surface area (Å²) in [6.07, 6.45) is -3.00. The fraction of sp³-hybridized carbons (Fsp3) is 0.600. The zero-order valence-electron chi connectivity index (χ0n) is 8.61. The number of aromatic nitrogens is 1. The van der Waals surface area contributed by atoms with Gasteiger partial charge in [0.1, 0.15) is 0 Å². The van der Waals surface area contributed by atoms with Gasteiger partial charge in [-0.15, -0.1) is 0 Å². The van der Waals surface area contributed by atoms with Crippen molar-refractivity contribution >= 4 is 0 Å². The maximum atomic E-state index is 12.2. The number of aliphatic hydroxyl groups is 2. The van der Waals surface area contributed by atoms with E-state index in [1.807, 2.05) is 0 Å². The van der Waals surface area contributed by atoms with Gasteiger partial charge in [-0.05, 0) is 18.9 Å². The van der Waals surface area contributed by atoms with E-state index in [1.54, 1.807) is 4.57 Å². The Morgan fingerprint density at radius 3 is 2.56 bits per heavy atom. The zero-order valence-corrected chi connectivity index (χ0v) is 8.61. The fourth-order valence-corrected chi connectivity index (χ4v) is 1.36. The van der Waals surface area contributed by atoms with Crippen LogP contribution in [-0.2, 0) is 6.54 Å². The molecule has 0 amide bonds. The van der Waals surface area contributed by atoms with Crippen LogP contribution in [0.5, 0.6) is 0 Å². The molecular weight excluding hydrogens is 223 g/mol. The lowest BCUT2D eigenvalue weighted by Crippen LogP contribution is -2.19. The molecule has 1 heterocycles. The van der Waals surface area contributed by atoms with Crippen LogP contribution in [0.1, 0.15) is 24.5 Å². The van der Waals surface area contributed by atoms with Gasteiger partial charge in [-0.2, -0.15) is 13.2 Å². The molecule has 0 aliphatic rings. The Morgan fingerprint density at radius 1 is 1.31 bits per heavy atom. The second kappa shape index (κ2) is 5.36. The standard InChI is InChI=1S/C10H14F3NO2/c11-10(12,13)9(16)8-3-5-14(7-8)4-1-2-6-15/h3,5,7,9,15-16H,1-2,4,6H2. The number of hydrogen-bond acceptors (Lipinski definition) is 2. The first-order chi connectivity index (χ1) is 7.45. The average molecular weight is 237 g/mol. The number of aryl methyl sites for hydroxylation is 1. The molecular formula is C10H14F3NO2. The normalized spacial score (nSPS) is 14.1. The maximum Gasteiger partial charge on any atom is 0.418 e. The lowest BCUT2D eigenvalue weighted by Gasteiger charge is -2.12. The molecule has 0 bridgehead atoms. The first-order valence-electron chi connectivity index (χ1n) is 4.96. The third kappa shape index (κ3) is 3.53. The molecule has 0 spiro atoms. The fourth-order valence-electron chi connectivity index (χ4n) is 1.36. The van der Waals surface area contributed by atoms with Gasteiger partial charge in [0.05, 0.1) is 0 Å². The third-order valence-corrected chi connectivity index (χ3v) is 2.22. The van der Waals surface area contributed by atoms with E-state index < -0.39 is 12.3 Å². The van der Waals surface area contributed by atoms with E-state index in [9.17, 15) is 13.2 Å². The predicted octanol–water partition coefficient (Wildman–Crippen LogP) is 1.86. The quantitative estimate of drug-likeness (QED) is 0.768. The number of hydrogen-bond donors (Lipinski definition) is 2. The van der Waals surface area contributed by atoms with Crippen molar-refractivity contribution in [2.75, 3.05) is 6.61 Å². The van der Waals surface area contributed by atoms with Crippen LogP contribution >= 0.6 is 0 Å². The molecule has 2 N–H and O–H groups in total. The molecule has 92 valence electrons. The van der Waals surface area contributed by atoms with Crippen LogP contribution in [0.3, 0.4) is 0 Å². The second-order valence-electron chi connectivity index (χ2n) is 3.56. The molecule has 1 rings (SSSR count). The van der Waals surface area contributed by atoms with Gasteiger partial charge >= 0.3 is 6.18 Å². The highest BCUT2D eigenvalue weighted by atomic mass is 19.4. The van der Waals surface area contributed by atoms with Gasteiger partial charge in [-0.25, -0.2) is 0 Å². The summed E-state index contributed by atoms with van der Waals surface area (Å²) in [6, 6.07) is 1.25. The SMILES string of the molecule is OCCCCn1ccc(C(O)C(F)(F)F)c1. The van der Waals surface area contributed by atoms with Gasteiger partial charge in [0, 0.05) is 31.1 Å². The summed E-state index contributed by atoms with van der Waals surface area (Å²) in [4.78, 5) is 0. The van der Waals surface area contributed by atoms with E-state index >= 15 is 0 Å². The summed E-state index contributed by atoms with van der Waals surface area (Å²) in [5, 5.41) is 17.5. The number of aliphatic hydroxyl groups excluding tert-OH is 2. The van der Waals surface area contributed by atoms with E-state index in [0.29, 0.717) is 19.4 Å². The van der Waals surface area contributed by atoms with Crippen LogP contribution in [0.25, 0.3) is 0 Å². The number of alkyl halides is 3. The number of rotatable bonds is 5. The van der Waals surface area contributed by atoms with Crippen molar-refractivity contribution in [3.05, 3.63) is 24.0 Å². The van der Waals surface area contributed by atoms with Crippen LogP contribution in [0, 0.1) is 0 Å². The van der Waals surface area contributed by atoms with Crippen LogP contribution in [0.2, 0.25) is 0 Å².